The van der Waals surface area contributed by atoms with Gasteiger partial charge in [0.15, 0.2) is 0 Å². The first-order valence-corrected chi connectivity index (χ1v) is 2.54. The lowest BCUT2D eigenvalue weighted by Crippen LogP contribution is -2.30. The minimum absolute atomic E-state index is 0. The lowest BCUT2D eigenvalue weighted by atomic mass is 10.1. The molecule has 0 aromatic carbocycles. The van der Waals surface area contributed by atoms with Crippen LogP contribution in [0.1, 0.15) is 13.8 Å². The van der Waals surface area contributed by atoms with Crippen molar-refractivity contribution in [3.8, 4) is 0 Å². The van der Waals surface area contributed by atoms with Crippen molar-refractivity contribution in [1.29, 1.82) is 0 Å². The van der Waals surface area contributed by atoms with Crippen LogP contribution in [0.4, 0.5) is 0 Å². The summed E-state index contributed by atoms with van der Waals surface area (Å²) in [6.45, 7) is 3.27. The highest BCUT2D eigenvalue weighted by molar-refractivity contribution is 5.85. The van der Waals surface area contributed by atoms with Crippen molar-refractivity contribution in [2.45, 2.75) is 19.9 Å². The van der Waals surface area contributed by atoms with Gasteiger partial charge in [-0.1, -0.05) is 6.92 Å². The number of nitrogens with two attached hydrogens (primary N) is 1. The Labute approximate surface area is 60.6 Å². The van der Waals surface area contributed by atoms with Crippen molar-refractivity contribution >= 4 is 18.4 Å². The highest BCUT2D eigenvalue weighted by Gasteiger charge is 2.14. The van der Waals surface area contributed by atoms with Gasteiger partial charge in [-0.15, -0.1) is 12.4 Å². The number of carbonyl (C=O) groups is 1. The van der Waals surface area contributed by atoms with E-state index in [9.17, 15) is 4.79 Å². The maximum Gasteiger partial charge on any atom is 0.307 e. The van der Waals surface area contributed by atoms with Crippen LogP contribution in [0.2, 0.25) is 0 Å². The second-order valence-corrected chi connectivity index (χ2v) is 1.99. The summed E-state index contributed by atoms with van der Waals surface area (Å²) in [6, 6.07) is -0.257. The highest BCUT2D eigenvalue weighted by Crippen LogP contribution is 1.97. The van der Waals surface area contributed by atoms with Crippen LogP contribution in [-0.2, 0) is 4.79 Å². The van der Waals surface area contributed by atoms with E-state index in [2.05, 4.69) is 0 Å². The SMILES string of the molecule is C[C@H](C(=O)O)[C@@H](C)N.Cl. The zero-order valence-electron chi connectivity index (χ0n) is 5.50. The molecule has 3 nitrogen and oxygen atoms in total. The van der Waals surface area contributed by atoms with Gasteiger partial charge in [0.1, 0.15) is 0 Å². The number of carboxylic acid groups (broad SMARTS) is 1. The van der Waals surface area contributed by atoms with Gasteiger partial charge in [0.2, 0.25) is 0 Å². The number of rotatable bonds is 2. The van der Waals surface area contributed by atoms with Crippen molar-refractivity contribution in [3.63, 3.8) is 0 Å². The number of aliphatic carboxylic acids is 1. The van der Waals surface area contributed by atoms with Crippen molar-refractivity contribution in [2.75, 3.05) is 0 Å². The Kier molecular flexibility index (Phi) is 5.86. The molecular formula is C5H12ClNO2. The van der Waals surface area contributed by atoms with Crippen LogP contribution in [0.25, 0.3) is 0 Å². The summed E-state index contributed by atoms with van der Waals surface area (Å²) in [5, 5.41) is 8.27. The maximum absolute atomic E-state index is 10.1. The van der Waals surface area contributed by atoms with Gasteiger partial charge in [-0.3, -0.25) is 4.79 Å². The van der Waals surface area contributed by atoms with Crippen molar-refractivity contribution in [2.24, 2.45) is 11.7 Å². The van der Waals surface area contributed by atoms with E-state index in [1.807, 2.05) is 0 Å². The van der Waals surface area contributed by atoms with Gasteiger partial charge in [-0.2, -0.15) is 0 Å². The van der Waals surface area contributed by atoms with E-state index in [-0.39, 0.29) is 18.4 Å². The first-order chi connectivity index (χ1) is 3.55. The van der Waals surface area contributed by atoms with Gasteiger partial charge in [0.05, 0.1) is 5.92 Å². The Morgan fingerprint density at radius 3 is 1.89 bits per heavy atom. The second-order valence-electron chi connectivity index (χ2n) is 1.99. The molecule has 0 aliphatic rings. The Hall–Kier alpha value is -0.280. The molecule has 0 spiro atoms. The van der Waals surface area contributed by atoms with E-state index in [1.54, 1.807) is 13.8 Å². The molecular weight excluding hydrogens is 142 g/mol. The maximum atomic E-state index is 10.1. The number of hydrogen-bond acceptors (Lipinski definition) is 2. The summed E-state index contributed by atoms with van der Waals surface area (Å²) < 4.78 is 0. The third-order valence-electron chi connectivity index (χ3n) is 1.18. The lowest BCUT2D eigenvalue weighted by Gasteiger charge is -2.07. The predicted molar refractivity (Wildman–Crippen MR) is 37.7 cm³/mol. The van der Waals surface area contributed by atoms with E-state index >= 15 is 0 Å². The Bertz CT molecular complexity index is 95.0. The van der Waals surface area contributed by atoms with Gasteiger partial charge < -0.3 is 10.8 Å². The first-order valence-electron chi connectivity index (χ1n) is 2.54. The van der Waals surface area contributed by atoms with E-state index in [0.29, 0.717) is 0 Å². The quantitative estimate of drug-likeness (QED) is 0.607. The molecule has 0 saturated heterocycles. The third kappa shape index (κ3) is 4.24. The van der Waals surface area contributed by atoms with E-state index in [4.69, 9.17) is 10.8 Å². The molecule has 2 atom stereocenters. The monoisotopic (exact) mass is 153 g/mol. The van der Waals surface area contributed by atoms with Crippen LogP contribution in [0.15, 0.2) is 0 Å². The van der Waals surface area contributed by atoms with E-state index in [0.717, 1.165) is 0 Å². The number of halogens is 1. The number of hydrogen-bond donors (Lipinski definition) is 2. The summed E-state index contributed by atoms with van der Waals surface area (Å²) in [5.41, 5.74) is 5.26. The van der Waals surface area contributed by atoms with Crippen LogP contribution >= 0.6 is 12.4 Å². The topological polar surface area (TPSA) is 63.3 Å². The van der Waals surface area contributed by atoms with Gasteiger partial charge in [-0.25, -0.2) is 0 Å². The molecule has 9 heavy (non-hydrogen) atoms. The van der Waals surface area contributed by atoms with Gasteiger partial charge in [-0.05, 0) is 6.92 Å². The van der Waals surface area contributed by atoms with Gasteiger partial charge >= 0.3 is 5.97 Å². The molecule has 0 aliphatic carbocycles. The van der Waals surface area contributed by atoms with Crippen molar-refractivity contribution in [3.05, 3.63) is 0 Å². The molecule has 0 saturated carbocycles. The normalized spacial score (nSPS) is 15.4. The van der Waals surface area contributed by atoms with Gasteiger partial charge in [0.25, 0.3) is 0 Å². The van der Waals surface area contributed by atoms with Crippen LogP contribution in [0.3, 0.4) is 0 Å². The summed E-state index contributed by atoms with van der Waals surface area (Å²) in [7, 11) is 0. The summed E-state index contributed by atoms with van der Waals surface area (Å²) >= 11 is 0. The van der Waals surface area contributed by atoms with Crippen LogP contribution in [-0.4, -0.2) is 17.1 Å². The van der Waals surface area contributed by atoms with Crippen molar-refractivity contribution in [1.82, 2.24) is 0 Å². The standard InChI is InChI=1S/C5H11NO2.ClH/c1-3(4(2)6)5(7)8;/h3-4H,6H2,1-2H3,(H,7,8);1H/t3-,4+;/m0./s1. The zero-order valence-corrected chi connectivity index (χ0v) is 6.31. The molecule has 0 aromatic heterocycles. The minimum Gasteiger partial charge on any atom is -0.481 e. The first kappa shape index (κ1) is 11.5. The molecule has 0 fully saturated rings. The molecule has 0 unspecified atom stereocenters. The second kappa shape index (κ2) is 4.58. The molecule has 0 amide bonds. The fourth-order valence-electron chi connectivity index (χ4n) is 0.225. The molecule has 0 aromatic rings. The highest BCUT2D eigenvalue weighted by atomic mass is 35.5. The number of carboxylic acids is 1. The Morgan fingerprint density at radius 1 is 1.56 bits per heavy atom. The zero-order chi connectivity index (χ0) is 6.73. The molecule has 0 aliphatic heterocycles. The van der Waals surface area contributed by atoms with Gasteiger partial charge in [0, 0.05) is 6.04 Å². The molecule has 0 radical (unpaired) electrons. The largest absolute Gasteiger partial charge is 0.481 e. The van der Waals surface area contributed by atoms with E-state index < -0.39 is 11.9 Å². The summed E-state index contributed by atoms with van der Waals surface area (Å²) in [6.07, 6.45) is 0. The molecule has 0 heterocycles. The van der Waals surface area contributed by atoms with E-state index in [1.165, 1.54) is 0 Å². The minimum atomic E-state index is -0.833. The smallest absolute Gasteiger partial charge is 0.307 e. The average molecular weight is 154 g/mol. The van der Waals surface area contributed by atoms with Crippen LogP contribution in [0.5, 0.6) is 0 Å². The van der Waals surface area contributed by atoms with Crippen molar-refractivity contribution < 1.29 is 9.90 Å². The predicted octanol–water partition coefficient (Wildman–Crippen LogP) is 0.476. The Morgan fingerprint density at radius 2 is 1.89 bits per heavy atom. The third-order valence-corrected chi connectivity index (χ3v) is 1.18. The molecule has 4 heteroatoms. The van der Waals surface area contributed by atoms with Crippen LogP contribution < -0.4 is 5.73 Å². The lowest BCUT2D eigenvalue weighted by molar-refractivity contribution is -0.141. The molecule has 3 N–H and O–H groups in total. The fourth-order valence-corrected chi connectivity index (χ4v) is 0.225. The fraction of sp³-hybridized carbons (Fsp3) is 0.800. The summed E-state index contributed by atoms with van der Waals surface area (Å²) in [4.78, 5) is 10.1. The molecule has 56 valence electrons. The summed E-state index contributed by atoms with van der Waals surface area (Å²) in [5.74, 6) is -1.27. The van der Waals surface area contributed by atoms with Crippen LogP contribution in [0, 0.1) is 5.92 Å². The molecule has 0 bridgehead atoms. The molecule has 0 rings (SSSR count). The Balaban J connectivity index is 0. The average Bonchev–Trinajstić information content (AvgIpc) is 1.64.